The molecular weight excluding hydrogens is 689 g/mol. The summed E-state index contributed by atoms with van der Waals surface area (Å²) in [6.07, 6.45) is 27.4. The number of nitrogens with one attached hydrogen (secondary N) is 1. The number of fused-ring (bicyclic) bond motifs is 1. The average molecular weight is 763 g/mol. The minimum Gasteiger partial charge on any atom is -0.393 e. The highest BCUT2D eigenvalue weighted by molar-refractivity contribution is 6.02. The number of imide groups is 1. The van der Waals surface area contributed by atoms with Crippen LogP contribution in [-0.4, -0.2) is 107 Å². The first-order chi connectivity index (χ1) is 26.8. The van der Waals surface area contributed by atoms with E-state index in [1.54, 1.807) is 0 Å². The Bertz CT molecular complexity index is 1350. The fourth-order valence-electron chi connectivity index (χ4n) is 13.2. The third-order valence-electron chi connectivity index (χ3n) is 16.3. The molecule has 3 aliphatic heterocycles. The number of piperidine rings is 1. The number of piperazine rings is 1. The van der Waals surface area contributed by atoms with E-state index >= 15 is 0 Å². The molecule has 2 N–H and O–H groups in total. The van der Waals surface area contributed by atoms with Gasteiger partial charge in [-0.1, -0.05) is 37.3 Å². The molecule has 308 valence electrons. The second-order valence-electron chi connectivity index (χ2n) is 19.6. The molecule has 8 fully saturated rings. The zero-order valence-corrected chi connectivity index (χ0v) is 34.3. The van der Waals surface area contributed by atoms with Crippen molar-refractivity contribution in [3.63, 3.8) is 0 Å². The molecule has 0 aromatic heterocycles. The molecule has 9 heteroatoms. The van der Waals surface area contributed by atoms with Gasteiger partial charge in [0.25, 0.3) is 0 Å². The van der Waals surface area contributed by atoms with Crippen LogP contribution in [0.25, 0.3) is 0 Å². The predicted molar refractivity (Wildman–Crippen MR) is 215 cm³/mol. The third kappa shape index (κ3) is 9.41. The van der Waals surface area contributed by atoms with Crippen LogP contribution in [0.1, 0.15) is 155 Å². The van der Waals surface area contributed by atoms with Gasteiger partial charge in [-0.05, 0) is 152 Å². The molecule has 5 saturated carbocycles. The van der Waals surface area contributed by atoms with E-state index in [2.05, 4.69) is 22.0 Å². The van der Waals surface area contributed by atoms with Gasteiger partial charge in [0.05, 0.1) is 18.3 Å². The number of aliphatic hydroxyl groups excluding tert-OH is 1. The van der Waals surface area contributed by atoms with Crippen LogP contribution in [0, 0.1) is 35.5 Å². The molecule has 0 aromatic carbocycles. The molecule has 9 nitrogen and oxygen atoms in total. The van der Waals surface area contributed by atoms with Gasteiger partial charge in [0.1, 0.15) is 6.04 Å². The predicted octanol–water partition coefficient (Wildman–Crippen LogP) is 7.01. The molecule has 0 spiro atoms. The van der Waals surface area contributed by atoms with Crippen molar-refractivity contribution in [3.8, 4) is 0 Å². The van der Waals surface area contributed by atoms with Gasteiger partial charge in [0.15, 0.2) is 0 Å². The van der Waals surface area contributed by atoms with Crippen molar-refractivity contribution < 1.29 is 24.2 Å². The zero-order valence-electron chi connectivity index (χ0n) is 34.3. The number of aliphatic hydroxyl groups is 1. The molecule has 3 heterocycles. The molecule has 3 amide bonds. The minimum absolute atomic E-state index is 0.0508. The Balaban J connectivity index is 0.749. The first kappa shape index (κ1) is 40.0. The van der Waals surface area contributed by atoms with Crippen molar-refractivity contribution in [2.24, 2.45) is 35.5 Å². The van der Waals surface area contributed by atoms with Crippen molar-refractivity contribution in [2.75, 3.05) is 39.3 Å². The van der Waals surface area contributed by atoms with E-state index in [4.69, 9.17) is 4.74 Å². The number of rotatable bonds is 10. The summed E-state index contributed by atoms with van der Waals surface area (Å²) in [6, 6.07) is 0.0683. The fraction of sp³-hybridized carbons (Fsp3) is 0.891. The smallest absolute Gasteiger partial charge is 0.249 e. The van der Waals surface area contributed by atoms with Gasteiger partial charge >= 0.3 is 0 Å². The van der Waals surface area contributed by atoms with Crippen LogP contribution in [0.4, 0.5) is 0 Å². The lowest BCUT2D eigenvalue weighted by Crippen LogP contribution is -2.53. The van der Waals surface area contributed by atoms with Crippen molar-refractivity contribution in [1.29, 1.82) is 0 Å². The van der Waals surface area contributed by atoms with Gasteiger partial charge in [0, 0.05) is 57.6 Å². The topological polar surface area (TPSA) is 102 Å². The quantitative estimate of drug-likeness (QED) is 0.183. The summed E-state index contributed by atoms with van der Waals surface area (Å²) in [6.45, 7) is 8.85. The van der Waals surface area contributed by atoms with Crippen molar-refractivity contribution in [2.45, 2.75) is 185 Å². The van der Waals surface area contributed by atoms with Crippen molar-refractivity contribution in [1.82, 2.24) is 20.0 Å². The fourth-order valence-corrected chi connectivity index (χ4v) is 13.2. The average Bonchev–Trinajstić information content (AvgIpc) is 3.54. The van der Waals surface area contributed by atoms with Crippen LogP contribution in [0.3, 0.4) is 0 Å². The number of carbonyl (C=O) groups is 3. The van der Waals surface area contributed by atoms with Gasteiger partial charge < -0.3 is 19.6 Å². The largest absolute Gasteiger partial charge is 0.393 e. The number of hydrogen-bond donors (Lipinski definition) is 2. The maximum atomic E-state index is 13.3. The number of ether oxygens (including phenoxy) is 1. The monoisotopic (exact) mass is 763 g/mol. The third-order valence-corrected chi connectivity index (χ3v) is 16.3. The molecule has 0 aromatic rings. The summed E-state index contributed by atoms with van der Waals surface area (Å²) < 4.78 is 6.90. The van der Waals surface area contributed by atoms with Crippen LogP contribution in [0.5, 0.6) is 0 Å². The van der Waals surface area contributed by atoms with Crippen LogP contribution >= 0.6 is 0 Å². The Hall–Kier alpha value is -1.81. The lowest BCUT2D eigenvalue weighted by molar-refractivity contribution is -0.144. The molecule has 4 unspecified atom stereocenters. The number of nitrogens with zero attached hydrogens (tertiary/aromatic N) is 3. The normalized spacial score (nSPS) is 39.5. The van der Waals surface area contributed by atoms with E-state index in [-0.39, 0.29) is 29.7 Å². The maximum absolute atomic E-state index is 13.3. The number of amides is 3. The second kappa shape index (κ2) is 18.4. The minimum atomic E-state index is -0.469. The highest BCUT2D eigenvalue weighted by atomic mass is 16.5. The lowest BCUT2D eigenvalue weighted by atomic mass is 9.67. The van der Waals surface area contributed by atoms with Crippen molar-refractivity contribution >= 4 is 17.7 Å². The Kier molecular flexibility index (Phi) is 13.4. The molecule has 0 bridgehead atoms. The van der Waals surface area contributed by atoms with Gasteiger partial charge in [0.2, 0.25) is 17.7 Å². The highest BCUT2D eigenvalue weighted by Gasteiger charge is 2.49. The first-order valence-corrected chi connectivity index (χ1v) is 23.5. The molecule has 5 aliphatic carbocycles. The highest BCUT2D eigenvalue weighted by Crippen LogP contribution is 2.46. The first-order valence-electron chi connectivity index (χ1n) is 23.5. The summed E-state index contributed by atoms with van der Waals surface area (Å²) in [4.78, 5) is 44.7. The Morgan fingerprint density at radius 1 is 0.727 bits per heavy atom. The Labute approximate surface area is 332 Å². The molecule has 4 atom stereocenters. The summed E-state index contributed by atoms with van der Waals surface area (Å²) in [5.41, 5.74) is 3.72. The summed E-state index contributed by atoms with van der Waals surface area (Å²) >= 11 is 0. The standard InChI is InChI=1S/C46H74N4O5/c1-2-40(32-6-4-3-5-7-32)44(33-10-15-37(51)16-11-33)34-12-19-39(20-13-34)55-38-17-8-31(9-18-38)29-48-24-26-49(27-25-48)36-14-21-41-35(28-36)30-50(46(41)54)42-22-23-43(52)47-45(42)53/h31-39,41-42,51H,2-30H2,1H3,(H,47,52,53)/b44-40-. The number of allylic oxidation sites excluding steroid dienone is 2. The van der Waals surface area contributed by atoms with E-state index in [0.717, 1.165) is 76.0 Å². The van der Waals surface area contributed by atoms with Crippen LogP contribution in [-0.2, 0) is 19.1 Å². The van der Waals surface area contributed by atoms with Crippen LogP contribution in [0.15, 0.2) is 11.1 Å². The SMILES string of the molecule is CC/C(=C(\C1CCC(O)CC1)C1CCC(OC2CCC(CN3CCN(C4CCC5C(=O)N(C6CCC(=O)NC6=O)CC5C4)CC3)CC2)CC1)C1CCCCC1. The van der Waals surface area contributed by atoms with Gasteiger partial charge in [-0.15, -0.1) is 0 Å². The zero-order chi connectivity index (χ0) is 37.9. The molecule has 0 radical (unpaired) electrons. The van der Waals surface area contributed by atoms with E-state index in [1.165, 1.54) is 109 Å². The van der Waals surface area contributed by atoms with E-state index in [0.29, 0.717) is 49.5 Å². The molecular formula is C46H74N4O5. The maximum Gasteiger partial charge on any atom is 0.249 e. The summed E-state index contributed by atoms with van der Waals surface area (Å²) in [7, 11) is 0. The van der Waals surface area contributed by atoms with Crippen LogP contribution < -0.4 is 5.32 Å². The molecule has 8 rings (SSSR count). The van der Waals surface area contributed by atoms with Gasteiger partial charge in [-0.25, -0.2) is 0 Å². The molecule has 3 saturated heterocycles. The van der Waals surface area contributed by atoms with Gasteiger partial charge in [-0.3, -0.25) is 24.6 Å². The number of carbonyl (C=O) groups excluding carboxylic acids is 3. The van der Waals surface area contributed by atoms with Crippen LogP contribution in [0.2, 0.25) is 0 Å². The van der Waals surface area contributed by atoms with Gasteiger partial charge in [-0.2, -0.15) is 0 Å². The molecule has 55 heavy (non-hydrogen) atoms. The van der Waals surface area contributed by atoms with E-state index in [1.807, 2.05) is 16.0 Å². The Morgan fingerprint density at radius 2 is 1.38 bits per heavy atom. The lowest BCUT2D eigenvalue weighted by Gasteiger charge is -2.44. The summed E-state index contributed by atoms with van der Waals surface area (Å²) in [5, 5.41) is 12.8. The number of hydrogen-bond acceptors (Lipinski definition) is 7. The second-order valence-corrected chi connectivity index (χ2v) is 19.6. The Morgan fingerprint density at radius 3 is 2.04 bits per heavy atom. The summed E-state index contributed by atoms with van der Waals surface area (Å²) in [5.74, 6) is 3.07. The molecule has 8 aliphatic rings. The van der Waals surface area contributed by atoms with E-state index in [9.17, 15) is 19.5 Å². The van der Waals surface area contributed by atoms with E-state index < -0.39 is 6.04 Å². The van der Waals surface area contributed by atoms with Crippen molar-refractivity contribution in [3.05, 3.63) is 11.1 Å². The number of likely N-dealkylation sites (tertiary alicyclic amines) is 1.